The lowest BCUT2D eigenvalue weighted by molar-refractivity contribution is 0.101. The number of halogens is 2. The van der Waals surface area contributed by atoms with Crippen LogP contribution in [0.15, 0.2) is 43.7 Å². The molecule has 0 spiro atoms. The zero-order chi connectivity index (χ0) is 11.7. The Hall–Kier alpha value is -0.870. The molecule has 2 aromatic rings. The van der Waals surface area contributed by atoms with Gasteiger partial charge in [0, 0.05) is 14.5 Å². The van der Waals surface area contributed by atoms with Gasteiger partial charge in [-0.25, -0.2) is 0 Å². The maximum Gasteiger partial charge on any atom is 0.228 e. The Balaban J connectivity index is 2.41. The molecule has 16 heavy (non-hydrogen) atoms. The molecule has 0 aliphatic heterocycles. The second-order valence-electron chi connectivity index (χ2n) is 3.40. The van der Waals surface area contributed by atoms with Crippen LogP contribution in [-0.2, 0) is 0 Å². The first-order chi connectivity index (χ1) is 7.56. The van der Waals surface area contributed by atoms with E-state index in [1.54, 1.807) is 24.3 Å². The fraction of sp³-hybridized carbons (Fsp3) is 0.0833. The molecule has 0 N–H and O–H groups in total. The zero-order valence-corrected chi connectivity index (χ0v) is 11.6. The predicted molar refractivity (Wildman–Crippen MR) is 68.7 cm³/mol. The molecular formula is C12H8Br2O2. The summed E-state index contributed by atoms with van der Waals surface area (Å²) in [5.74, 6) is 0.981. The summed E-state index contributed by atoms with van der Waals surface area (Å²) >= 11 is 6.69. The van der Waals surface area contributed by atoms with Crippen molar-refractivity contribution < 1.29 is 9.21 Å². The summed E-state index contributed by atoms with van der Waals surface area (Å²) in [7, 11) is 0. The molecule has 1 aromatic carbocycles. The number of furan rings is 1. The maximum atomic E-state index is 12.0. The van der Waals surface area contributed by atoms with Crippen molar-refractivity contribution in [3.63, 3.8) is 0 Å². The fourth-order valence-corrected chi connectivity index (χ4v) is 2.68. The molecule has 82 valence electrons. The minimum atomic E-state index is -0.116. The maximum absolute atomic E-state index is 12.0. The highest BCUT2D eigenvalue weighted by Crippen LogP contribution is 2.22. The van der Waals surface area contributed by atoms with Crippen LogP contribution in [-0.4, -0.2) is 5.78 Å². The lowest BCUT2D eigenvalue weighted by Crippen LogP contribution is -1.99. The second kappa shape index (κ2) is 4.55. The third kappa shape index (κ3) is 2.44. The van der Waals surface area contributed by atoms with E-state index in [1.165, 1.54) is 0 Å². The van der Waals surface area contributed by atoms with Crippen LogP contribution in [0, 0.1) is 6.92 Å². The van der Waals surface area contributed by atoms with Gasteiger partial charge in [0.05, 0.1) is 0 Å². The lowest BCUT2D eigenvalue weighted by Gasteiger charge is -2.00. The Morgan fingerprint density at radius 1 is 1.12 bits per heavy atom. The van der Waals surface area contributed by atoms with Gasteiger partial charge < -0.3 is 4.42 Å². The van der Waals surface area contributed by atoms with Gasteiger partial charge in [-0.05, 0) is 37.3 Å². The van der Waals surface area contributed by atoms with E-state index >= 15 is 0 Å². The molecule has 0 aliphatic rings. The van der Waals surface area contributed by atoms with E-state index in [0.29, 0.717) is 11.3 Å². The van der Waals surface area contributed by atoms with Crippen molar-refractivity contribution in [1.29, 1.82) is 0 Å². The van der Waals surface area contributed by atoms with Crippen LogP contribution in [0.3, 0.4) is 0 Å². The minimum Gasteiger partial charge on any atom is -0.458 e. The van der Waals surface area contributed by atoms with E-state index in [4.69, 9.17) is 4.42 Å². The molecule has 0 radical (unpaired) electrons. The third-order valence-corrected chi connectivity index (χ3v) is 3.00. The first-order valence-corrected chi connectivity index (χ1v) is 6.22. The second-order valence-corrected chi connectivity index (χ2v) is 5.23. The molecule has 0 aliphatic carbocycles. The van der Waals surface area contributed by atoms with Crippen molar-refractivity contribution in [2.24, 2.45) is 0 Å². The highest BCUT2D eigenvalue weighted by molar-refractivity contribution is 9.11. The molecule has 4 heteroatoms. The van der Waals surface area contributed by atoms with Gasteiger partial charge in [0.25, 0.3) is 0 Å². The van der Waals surface area contributed by atoms with E-state index in [1.807, 2.05) is 13.0 Å². The first-order valence-electron chi connectivity index (χ1n) is 4.63. The van der Waals surface area contributed by atoms with Crippen molar-refractivity contribution >= 4 is 37.6 Å². The molecule has 1 aromatic heterocycles. The number of carbonyl (C=O) groups excluding carboxylic acids is 1. The molecule has 2 rings (SSSR count). The molecule has 0 bridgehead atoms. The third-order valence-electron chi connectivity index (χ3n) is 2.09. The largest absolute Gasteiger partial charge is 0.458 e. The SMILES string of the molecule is Cc1ccc(C(=O)c2cc(Br)cc(Br)c2)o1. The lowest BCUT2D eigenvalue weighted by atomic mass is 10.1. The fourth-order valence-electron chi connectivity index (χ4n) is 1.38. The van der Waals surface area contributed by atoms with Gasteiger partial charge >= 0.3 is 0 Å². The summed E-state index contributed by atoms with van der Waals surface area (Å²) in [5.41, 5.74) is 0.593. The number of aryl methyl sites for hydroxylation is 1. The van der Waals surface area contributed by atoms with Crippen molar-refractivity contribution in [3.05, 3.63) is 56.4 Å². The van der Waals surface area contributed by atoms with E-state index < -0.39 is 0 Å². The van der Waals surface area contributed by atoms with Gasteiger partial charge in [0.1, 0.15) is 5.76 Å². The summed E-state index contributed by atoms with van der Waals surface area (Å²) in [6, 6.07) is 8.88. The first kappa shape index (κ1) is 11.6. The number of benzene rings is 1. The van der Waals surface area contributed by atoms with Gasteiger partial charge in [-0.15, -0.1) is 0 Å². The number of hydrogen-bond donors (Lipinski definition) is 0. The smallest absolute Gasteiger partial charge is 0.228 e. The van der Waals surface area contributed by atoms with Gasteiger partial charge in [0.2, 0.25) is 5.78 Å². The average molecular weight is 344 g/mol. The number of carbonyl (C=O) groups is 1. The topological polar surface area (TPSA) is 30.2 Å². The molecule has 0 unspecified atom stereocenters. The molecule has 0 atom stereocenters. The number of hydrogen-bond acceptors (Lipinski definition) is 2. The highest BCUT2D eigenvalue weighted by atomic mass is 79.9. The van der Waals surface area contributed by atoms with E-state index in [9.17, 15) is 4.79 Å². The Bertz CT molecular complexity index is 523. The molecule has 0 saturated carbocycles. The van der Waals surface area contributed by atoms with Crippen molar-refractivity contribution in [3.8, 4) is 0 Å². The minimum absolute atomic E-state index is 0.116. The predicted octanol–water partition coefficient (Wildman–Crippen LogP) is 4.34. The van der Waals surface area contributed by atoms with Gasteiger partial charge in [-0.1, -0.05) is 31.9 Å². The van der Waals surface area contributed by atoms with Crippen LogP contribution in [0.2, 0.25) is 0 Å². The molecule has 0 saturated heterocycles. The van der Waals surface area contributed by atoms with E-state index in [0.717, 1.165) is 14.7 Å². The van der Waals surface area contributed by atoms with Crippen LogP contribution in [0.5, 0.6) is 0 Å². The highest BCUT2D eigenvalue weighted by Gasteiger charge is 2.13. The Kier molecular flexibility index (Phi) is 3.30. The van der Waals surface area contributed by atoms with Crippen LogP contribution < -0.4 is 0 Å². The Labute approximate surface area is 110 Å². The van der Waals surface area contributed by atoms with Crippen LogP contribution in [0.25, 0.3) is 0 Å². The molecule has 0 fully saturated rings. The van der Waals surface area contributed by atoms with Crippen molar-refractivity contribution in [1.82, 2.24) is 0 Å². The quantitative estimate of drug-likeness (QED) is 0.759. The summed E-state index contributed by atoms with van der Waals surface area (Å²) in [5, 5.41) is 0. The van der Waals surface area contributed by atoms with Gasteiger partial charge in [-0.2, -0.15) is 0 Å². The summed E-state index contributed by atoms with van der Waals surface area (Å²) in [6.45, 7) is 1.81. The zero-order valence-electron chi connectivity index (χ0n) is 8.46. The van der Waals surface area contributed by atoms with Crippen molar-refractivity contribution in [2.45, 2.75) is 6.92 Å². The monoisotopic (exact) mass is 342 g/mol. The normalized spacial score (nSPS) is 10.4. The van der Waals surface area contributed by atoms with Crippen LogP contribution in [0.1, 0.15) is 21.9 Å². The van der Waals surface area contributed by atoms with Crippen LogP contribution in [0.4, 0.5) is 0 Å². The molecule has 0 amide bonds. The number of ketones is 1. The Morgan fingerprint density at radius 2 is 1.75 bits per heavy atom. The molecule has 2 nitrogen and oxygen atoms in total. The number of rotatable bonds is 2. The summed E-state index contributed by atoms with van der Waals surface area (Å²) in [6.07, 6.45) is 0. The standard InChI is InChI=1S/C12H8Br2O2/c1-7-2-3-11(16-7)12(15)8-4-9(13)6-10(14)5-8/h2-6H,1H3. The Morgan fingerprint density at radius 3 is 2.25 bits per heavy atom. The summed E-state index contributed by atoms with van der Waals surface area (Å²) in [4.78, 5) is 12.0. The van der Waals surface area contributed by atoms with E-state index in [2.05, 4.69) is 31.9 Å². The molecular weight excluding hydrogens is 336 g/mol. The van der Waals surface area contributed by atoms with Gasteiger partial charge in [0.15, 0.2) is 5.76 Å². The van der Waals surface area contributed by atoms with Crippen LogP contribution >= 0.6 is 31.9 Å². The van der Waals surface area contributed by atoms with E-state index in [-0.39, 0.29) is 5.78 Å². The summed E-state index contributed by atoms with van der Waals surface area (Å²) < 4.78 is 7.01. The van der Waals surface area contributed by atoms with Gasteiger partial charge in [-0.3, -0.25) is 4.79 Å². The van der Waals surface area contributed by atoms with Crippen molar-refractivity contribution in [2.75, 3.05) is 0 Å². The average Bonchev–Trinajstić information content (AvgIpc) is 2.62. The molecule has 1 heterocycles.